The molecule has 0 aliphatic heterocycles. The van der Waals surface area contributed by atoms with Crippen LogP contribution < -0.4 is 0 Å². The zero-order valence-electron chi connectivity index (χ0n) is 8.76. The summed E-state index contributed by atoms with van der Waals surface area (Å²) in [5, 5.41) is 0.897. The van der Waals surface area contributed by atoms with E-state index in [0.717, 1.165) is 9.35 Å². The molecule has 0 unspecified atom stereocenters. The molecule has 2 aromatic rings. The van der Waals surface area contributed by atoms with Gasteiger partial charge in [0.05, 0.1) is 9.90 Å². The first-order valence-electron chi connectivity index (χ1n) is 4.74. The van der Waals surface area contributed by atoms with Crippen LogP contribution in [0.2, 0.25) is 10.0 Å². The van der Waals surface area contributed by atoms with Crippen molar-refractivity contribution in [3.63, 3.8) is 0 Å². The average Bonchev–Trinajstić information content (AvgIpc) is 2.57. The predicted molar refractivity (Wildman–Crippen MR) is 76.7 cm³/mol. The van der Waals surface area contributed by atoms with Crippen LogP contribution >= 0.6 is 50.5 Å². The summed E-state index contributed by atoms with van der Waals surface area (Å²) in [4.78, 5) is 14.0. The number of hydrogen-bond donors (Lipinski definition) is 0. The highest BCUT2D eigenvalue weighted by molar-refractivity contribution is 9.10. The molecule has 0 saturated heterocycles. The van der Waals surface area contributed by atoms with Crippen LogP contribution in [0, 0.1) is 6.92 Å². The van der Waals surface area contributed by atoms with Crippen molar-refractivity contribution in [2.75, 3.05) is 0 Å². The molecule has 0 atom stereocenters. The molecule has 0 N–H and O–H groups in total. The molecule has 1 nitrogen and oxygen atoms in total. The molecule has 0 aliphatic carbocycles. The zero-order chi connectivity index (χ0) is 12.6. The van der Waals surface area contributed by atoms with Gasteiger partial charge in [-0.25, -0.2) is 0 Å². The first-order chi connectivity index (χ1) is 7.99. The van der Waals surface area contributed by atoms with Crippen molar-refractivity contribution in [2.45, 2.75) is 6.92 Å². The number of hydrogen-bond acceptors (Lipinski definition) is 2. The molecule has 2 rings (SSSR count). The van der Waals surface area contributed by atoms with E-state index < -0.39 is 0 Å². The van der Waals surface area contributed by atoms with Gasteiger partial charge in [0.1, 0.15) is 0 Å². The standard InChI is InChI=1S/C12H7BrCl2OS/c1-6-4-9(13)12(17-6)11(16)8-3-2-7(14)5-10(8)15/h2-5H,1H3. The Morgan fingerprint density at radius 3 is 2.53 bits per heavy atom. The number of rotatable bonds is 2. The Balaban J connectivity index is 2.47. The summed E-state index contributed by atoms with van der Waals surface area (Å²) in [5.74, 6) is -0.0864. The van der Waals surface area contributed by atoms with Crippen molar-refractivity contribution in [2.24, 2.45) is 0 Å². The van der Waals surface area contributed by atoms with E-state index in [4.69, 9.17) is 23.2 Å². The SMILES string of the molecule is Cc1cc(Br)c(C(=O)c2ccc(Cl)cc2Cl)s1. The molecule has 0 fully saturated rings. The highest BCUT2D eigenvalue weighted by atomic mass is 79.9. The second kappa shape index (κ2) is 5.11. The van der Waals surface area contributed by atoms with Crippen molar-refractivity contribution in [1.29, 1.82) is 0 Å². The molecule has 5 heteroatoms. The fourth-order valence-corrected chi connectivity index (χ4v) is 3.70. The minimum atomic E-state index is -0.0864. The van der Waals surface area contributed by atoms with Crippen LogP contribution in [0.15, 0.2) is 28.7 Å². The summed E-state index contributed by atoms with van der Waals surface area (Å²) in [6.45, 7) is 1.95. The maximum Gasteiger partial charge on any atom is 0.205 e. The minimum Gasteiger partial charge on any atom is -0.288 e. The Labute approximate surface area is 121 Å². The van der Waals surface area contributed by atoms with Gasteiger partial charge in [-0.1, -0.05) is 23.2 Å². The molecule has 1 aromatic heterocycles. The highest BCUT2D eigenvalue weighted by Gasteiger charge is 2.18. The molecular formula is C12H7BrCl2OS. The average molecular weight is 350 g/mol. The summed E-state index contributed by atoms with van der Waals surface area (Å²) < 4.78 is 0.802. The quantitative estimate of drug-likeness (QED) is 0.667. The lowest BCUT2D eigenvalue weighted by Gasteiger charge is -2.02. The molecule has 17 heavy (non-hydrogen) atoms. The molecule has 0 amide bonds. The number of thiophene rings is 1. The van der Waals surface area contributed by atoms with E-state index in [1.165, 1.54) is 11.3 Å². The van der Waals surface area contributed by atoms with E-state index in [1.807, 2.05) is 13.0 Å². The van der Waals surface area contributed by atoms with E-state index in [2.05, 4.69) is 15.9 Å². The lowest BCUT2D eigenvalue weighted by molar-refractivity contribution is 0.104. The number of aryl methyl sites for hydroxylation is 1. The molecule has 0 bridgehead atoms. The van der Waals surface area contributed by atoms with Crippen LogP contribution in [0.3, 0.4) is 0 Å². The van der Waals surface area contributed by atoms with Crippen molar-refractivity contribution in [3.05, 3.63) is 54.1 Å². The Morgan fingerprint density at radius 1 is 1.29 bits per heavy atom. The number of carbonyl (C=O) groups is 1. The predicted octanol–water partition coefficient (Wildman–Crippen LogP) is 5.36. The molecule has 1 aromatic carbocycles. The second-order valence-electron chi connectivity index (χ2n) is 3.49. The number of ketones is 1. The van der Waals surface area contributed by atoms with Crippen molar-refractivity contribution in [1.82, 2.24) is 0 Å². The van der Waals surface area contributed by atoms with Gasteiger partial charge in [-0.15, -0.1) is 11.3 Å². The van der Waals surface area contributed by atoms with Gasteiger partial charge in [-0.2, -0.15) is 0 Å². The van der Waals surface area contributed by atoms with Gasteiger partial charge in [0.15, 0.2) is 0 Å². The van der Waals surface area contributed by atoms with Gasteiger partial charge in [-0.05, 0) is 47.1 Å². The fraction of sp³-hybridized carbons (Fsp3) is 0.0833. The monoisotopic (exact) mass is 348 g/mol. The summed E-state index contributed by atoms with van der Waals surface area (Å²) in [6, 6.07) is 6.80. The highest BCUT2D eigenvalue weighted by Crippen LogP contribution is 2.31. The Hall–Kier alpha value is -0.350. The van der Waals surface area contributed by atoms with Crippen LogP contribution in [0.4, 0.5) is 0 Å². The number of carbonyl (C=O) groups excluding carboxylic acids is 1. The van der Waals surface area contributed by atoms with Gasteiger partial charge >= 0.3 is 0 Å². The topological polar surface area (TPSA) is 17.1 Å². The first kappa shape index (κ1) is 13.1. The van der Waals surface area contributed by atoms with Gasteiger partial charge in [0, 0.05) is 19.9 Å². The largest absolute Gasteiger partial charge is 0.288 e. The maximum absolute atomic E-state index is 12.3. The number of benzene rings is 1. The van der Waals surface area contributed by atoms with Crippen LogP contribution in [0.5, 0.6) is 0 Å². The summed E-state index contributed by atoms with van der Waals surface area (Å²) in [6.07, 6.45) is 0. The van der Waals surface area contributed by atoms with E-state index in [9.17, 15) is 4.79 Å². The third-order valence-corrected chi connectivity index (χ3v) is 4.68. The van der Waals surface area contributed by atoms with Gasteiger partial charge in [-0.3, -0.25) is 4.79 Å². The molecular weight excluding hydrogens is 343 g/mol. The Morgan fingerprint density at radius 2 is 2.00 bits per heavy atom. The number of halogens is 3. The first-order valence-corrected chi connectivity index (χ1v) is 7.11. The molecule has 0 spiro atoms. The molecule has 0 radical (unpaired) electrons. The van der Waals surface area contributed by atoms with Crippen LogP contribution in [-0.2, 0) is 0 Å². The molecule has 0 saturated carbocycles. The lowest BCUT2D eigenvalue weighted by atomic mass is 10.1. The van der Waals surface area contributed by atoms with Gasteiger partial charge in [0.2, 0.25) is 5.78 Å². The van der Waals surface area contributed by atoms with Crippen LogP contribution in [0.1, 0.15) is 20.1 Å². The van der Waals surface area contributed by atoms with E-state index >= 15 is 0 Å². The summed E-state index contributed by atoms with van der Waals surface area (Å²) >= 11 is 16.6. The van der Waals surface area contributed by atoms with Gasteiger partial charge < -0.3 is 0 Å². The van der Waals surface area contributed by atoms with E-state index in [-0.39, 0.29) is 5.78 Å². The van der Waals surface area contributed by atoms with E-state index in [0.29, 0.717) is 20.5 Å². The zero-order valence-corrected chi connectivity index (χ0v) is 12.7. The van der Waals surface area contributed by atoms with Crippen LogP contribution in [0.25, 0.3) is 0 Å². The van der Waals surface area contributed by atoms with Crippen molar-refractivity contribution >= 4 is 56.3 Å². The van der Waals surface area contributed by atoms with Crippen molar-refractivity contribution < 1.29 is 4.79 Å². The van der Waals surface area contributed by atoms with Crippen LogP contribution in [-0.4, -0.2) is 5.78 Å². The normalized spacial score (nSPS) is 10.6. The minimum absolute atomic E-state index is 0.0864. The molecule has 1 heterocycles. The second-order valence-corrected chi connectivity index (χ2v) is 6.44. The summed E-state index contributed by atoms with van der Waals surface area (Å²) in [7, 11) is 0. The van der Waals surface area contributed by atoms with E-state index in [1.54, 1.807) is 18.2 Å². The van der Waals surface area contributed by atoms with Crippen molar-refractivity contribution in [3.8, 4) is 0 Å². The van der Waals surface area contributed by atoms with Gasteiger partial charge in [0.25, 0.3) is 0 Å². The fourth-order valence-electron chi connectivity index (χ4n) is 1.43. The maximum atomic E-state index is 12.3. The Kier molecular flexibility index (Phi) is 3.93. The third kappa shape index (κ3) is 2.74. The third-order valence-electron chi connectivity index (χ3n) is 2.19. The Bertz CT molecular complexity index is 592. The molecule has 0 aliphatic rings. The molecule has 88 valence electrons. The summed E-state index contributed by atoms with van der Waals surface area (Å²) in [5.41, 5.74) is 0.471. The lowest BCUT2D eigenvalue weighted by Crippen LogP contribution is -2.00. The smallest absolute Gasteiger partial charge is 0.205 e.